The smallest absolute Gasteiger partial charge is 0.372 e. The minimum atomic E-state index is -1.10. The molecule has 2 atom stereocenters. The molecule has 3 amide bonds. The predicted octanol–water partition coefficient (Wildman–Crippen LogP) is 7.28. The van der Waals surface area contributed by atoms with E-state index in [2.05, 4.69) is 0 Å². The second-order valence-electron chi connectivity index (χ2n) is 10.4. The number of halogens is 2. The highest BCUT2D eigenvalue weighted by Gasteiger charge is 2.42. The molecule has 1 aliphatic carbocycles. The molecule has 0 spiro atoms. The van der Waals surface area contributed by atoms with Crippen molar-refractivity contribution in [2.75, 3.05) is 10.7 Å². The van der Waals surface area contributed by atoms with Gasteiger partial charge >= 0.3 is 11.3 Å². The van der Waals surface area contributed by atoms with Crippen LogP contribution in [0.4, 0.5) is 19.7 Å². The molecule has 2 aromatic rings. The Morgan fingerprint density at radius 1 is 1.34 bits per heavy atom. The molecule has 1 saturated carbocycles. The molecule has 14 heteroatoms. The Morgan fingerprint density at radius 2 is 2.05 bits per heavy atom. The number of fused-ring (bicyclic) bond motifs is 1. The molecule has 0 radical (unpaired) electrons. The normalized spacial score (nSPS) is 18.8. The number of carbonyl (C=O) groups excluding carboxylic acids is 3. The average Bonchev–Trinajstić information content (AvgIpc) is 3.53. The maximum atomic E-state index is 14.5. The van der Waals surface area contributed by atoms with Crippen molar-refractivity contribution in [3.05, 3.63) is 61.0 Å². The summed E-state index contributed by atoms with van der Waals surface area (Å²) >= 11 is 7.92. The van der Waals surface area contributed by atoms with Crippen LogP contribution in [0.3, 0.4) is 0 Å². The topological polar surface area (TPSA) is 142 Å². The summed E-state index contributed by atoms with van der Waals surface area (Å²) in [5.41, 5.74) is 4.22. The van der Waals surface area contributed by atoms with Gasteiger partial charge in [-0.15, -0.1) is 21.5 Å². The number of nitrogens with zero attached hydrogens (tertiary/aromatic N) is 2. The molecule has 4 rings (SSSR count). The van der Waals surface area contributed by atoms with Crippen molar-refractivity contribution in [3.8, 4) is 0 Å². The molecule has 2 aliphatic rings. The minimum Gasteiger partial charge on any atom is -0.416 e. The van der Waals surface area contributed by atoms with E-state index in [1.54, 1.807) is 24.4 Å². The summed E-state index contributed by atoms with van der Waals surface area (Å²) in [5.74, 6) is -1.73. The van der Waals surface area contributed by atoms with Crippen LogP contribution in [-0.4, -0.2) is 33.7 Å². The highest BCUT2D eigenvalue weighted by atomic mass is 35.5. The Morgan fingerprint density at radius 3 is 2.66 bits per heavy atom. The Balaban J connectivity index is 1.56. The van der Waals surface area contributed by atoms with E-state index in [0.717, 1.165) is 56.0 Å². The number of benzene rings is 1. The Labute approximate surface area is 249 Å². The molecule has 1 aromatic carbocycles. The summed E-state index contributed by atoms with van der Waals surface area (Å²) in [6.45, 7) is 3.63. The number of thiophene rings is 1. The van der Waals surface area contributed by atoms with Crippen LogP contribution < -0.4 is 10.6 Å². The number of amides is 3. The van der Waals surface area contributed by atoms with Crippen molar-refractivity contribution in [2.45, 2.75) is 58.0 Å². The number of anilines is 1. The van der Waals surface area contributed by atoms with Gasteiger partial charge in [-0.3, -0.25) is 4.79 Å². The van der Waals surface area contributed by atoms with E-state index in [9.17, 15) is 28.9 Å². The van der Waals surface area contributed by atoms with Crippen LogP contribution in [-0.2, 0) is 14.4 Å². The first-order chi connectivity index (χ1) is 19.4. The third-order valence-corrected chi connectivity index (χ3v) is 9.55. The van der Waals surface area contributed by atoms with Crippen molar-refractivity contribution >= 4 is 69.0 Å². The van der Waals surface area contributed by atoms with Crippen molar-refractivity contribution in [1.82, 2.24) is 0 Å². The van der Waals surface area contributed by atoms with Gasteiger partial charge in [0.15, 0.2) is 5.76 Å². The largest absolute Gasteiger partial charge is 0.416 e. The van der Waals surface area contributed by atoms with Gasteiger partial charge in [0.05, 0.1) is 21.2 Å². The van der Waals surface area contributed by atoms with Crippen molar-refractivity contribution in [1.29, 1.82) is 0 Å². The number of nitrogens with two attached hydrogens (primary N) is 1. The molecular formula is C27H29ClFN3O7S2. The standard InChI is InChI=1S/C27H29ClFN3O7S2/c1-15(13-27(2,39-32(36)37)16-7-4-3-5-8-16)14-41-26(35)38-23(21-9-6-10-40-21)22-17-11-19(29)18(28)12-20(17)31(24(22)33)25(30)34/h6,9-12,15-16H,3-5,7-8,13-14H2,1-2H3,(H2,30,34)/b23-22+. The summed E-state index contributed by atoms with van der Waals surface area (Å²) in [5, 5.41) is 11.2. The fourth-order valence-electron chi connectivity index (χ4n) is 5.56. The second kappa shape index (κ2) is 12.8. The van der Waals surface area contributed by atoms with E-state index in [0.29, 0.717) is 16.2 Å². The Bertz CT molecular complexity index is 1380. The molecule has 0 saturated heterocycles. The van der Waals surface area contributed by atoms with E-state index in [1.165, 1.54) is 11.3 Å². The van der Waals surface area contributed by atoms with Gasteiger partial charge in [0.2, 0.25) is 0 Å². The molecule has 1 aliphatic heterocycles. The SMILES string of the molecule is CC(CSC(=O)O/C(=C1/C(=O)N(C(N)=O)c2cc(Cl)c(F)cc21)c1cccs1)CC(C)(O[N+](=O)[O-])C1CCCCC1. The number of carbonyl (C=O) groups is 3. The minimum absolute atomic E-state index is 0.00504. The highest BCUT2D eigenvalue weighted by molar-refractivity contribution is 8.13. The van der Waals surface area contributed by atoms with E-state index in [4.69, 9.17) is 26.9 Å². The zero-order valence-corrected chi connectivity index (χ0v) is 24.8. The molecule has 1 fully saturated rings. The number of primary amides is 1. The highest BCUT2D eigenvalue weighted by Crippen LogP contribution is 2.45. The fraction of sp³-hybridized carbons (Fsp3) is 0.444. The summed E-state index contributed by atoms with van der Waals surface area (Å²) < 4.78 is 20.2. The first-order valence-electron chi connectivity index (χ1n) is 13.0. The van der Waals surface area contributed by atoms with Gasteiger partial charge in [-0.05, 0) is 73.4 Å². The summed E-state index contributed by atoms with van der Waals surface area (Å²) in [4.78, 5) is 56.1. The van der Waals surface area contributed by atoms with Crippen LogP contribution in [0.1, 0.15) is 62.8 Å². The number of hydrogen-bond acceptors (Lipinski definition) is 9. The number of rotatable bonds is 9. The van der Waals surface area contributed by atoms with Crippen LogP contribution >= 0.6 is 34.7 Å². The summed E-state index contributed by atoms with van der Waals surface area (Å²) in [7, 11) is 0. The maximum absolute atomic E-state index is 14.5. The van der Waals surface area contributed by atoms with Crippen molar-refractivity contribution < 1.29 is 33.4 Å². The van der Waals surface area contributed by atoms with Crippen LogP contribution in [0, 0.1) is 27.8 Å². The van der Waals surface area contributed by atoms with Gasteiger partial charge in [-0.2, -0.15) is 0 Å². The van der Waals surface area contributed by atoms with Crippen LogP contribution in [0.15, 0.2) is 29.6 Å². The molecule has 220 valence electrons. The van der Waals surface area contributed by atoms with Gasteiger partial charge in [0.1, 0.15) is 11.4 Å². The zero-order valence-electron chi connectivity index (χ0n) is 22.4. The third kappa shape index (κ3) is 6.84. The number of hydrogen-bond donors (Lipinski definition) is 1. The molecule has 0 bridgehead atoms. The van der Waals surface area contributed by atoms with Crippen LogP contribution in [0.25, 0.3) is 11.3 Å². The molecule has 41 heavy (non-hydrogen) atoms. The van der Waals surface area contributed by atoms with E-state index in [1.807, 2.05) is 6.92 Å². The first-order valence-corrected chi connectivity index (χ1v) is 15.2. The monoisotopic (exact) mass is 625 g/mol. The first kappa shape index (κ1) is 30.8. The van der Waals surface area contributed by atoms with E-state index in [-0.39, 0.29) is 45.2 Å². The lowest BCUT2D eigenvalue weighted by Crippen LogP contribution is -2.42. The van der Waals surface area contributed by atoms with Crippen LogP contribution in [0.2, 0.25) is 5.02 Å². The van der Waals surface area contributed by atoms with Crippen LogP contribution in [0.5, 0.6) is 0 Å². The van der Waals surface area contributed by atoms with Gasteiger partial charge in [0, 0.05) is 11.3 Å². The molecular weight excluding hydrogens is 597 g/mol. The molecule has 1 aromatic heterocycles. The lowest BCUT2D eigenvalue weighted by atomic mass is 9.74. The van der Waals surface area contributed by atoms with Gasteiger partial charge in [-0.25, -0.2) is 18.9 Å². The van der Waals surface area contributed by atoms with E-state index < -0.39 is 33.7 Å². The third-order valence-electron chi connectivity index (χ3n) is 7.33. The number of thioether (sulfide) groups is 1. The second-order valence-corrected chi connectivity index (χ2v) is 12.7. The average molecular weight is 626 g/mol. The predicted molar refractivity (Wildman–Crippen MR) is 155 cm³/mol. The summed E-state index contributed by atoms with van der Waals surface area (Å²) in [6.07, 6.45) is 5.11. The zero-order chi connectivity index (χ0) is 29.9. The van der Waals surface area contributed by atoms with Gasteiger partial charge in [-0.1, -0.05) is 43.9 Å². The number of urea groups is 1. The van der Waals surface area contributed by atoms with Crippen molar-refractivity contribution in [2.24, 2.45) is 17.6 Å². The lowest BCUT2D eigenvalue weighted by molar-refractivity contribution is -0.783. The van der Waals surface area contributed by atoms with Gasteiger partial charge in [0.25, 0.3) is 11.0 Å². The van der Waals surface area contributed by atoms with Gasteiger partial charge < -0.3 is 15.3 Å². The molecule has 2 unspecified atom stereocenters. The maximum Gasteiger partial charge on any atom is 0.372 e. The van der Waals surface area contributed by atoms with Crippen molar-refractivity contribution in [3.63, 3.8) is 0 Å². The van der Waals surface area contributed by atoms with E-state index >= 15 is 0 Å². The summed E-state index contributed by atoms with van der Waals surface area (Å²) in [6, 6.07) is 4.30. The number of ether oxygens (including phenoxy) is 1. The Kier molecular flexibility index (Phi) is 9.60. The molecule has 10 nitrogen and oxygen atoms in total. The lowest BCUT2D eigenvalue weighted by Gasteiger charge is -2.39. The number of imide groups is 1. The fourth-order valence-corrected chi connectivity index (χ4v) is 7.11. The molecule has 2 N–H and O–H groups in total. The Hall–Kier alpha value is -3.16. The quantitative estimate of drug-likeness (QED) is 0.101. The molecule has 2 heterocycles.